The molecular formula is C13H17FO5S2. The Morgan fingerprint density at radius 3 is 2.33 bits per heavy atom. The average Bonchev–Trinajstić information content (AvgIpc) is 2.23. The molecule has 0 aromatic heterocycles. The van der Waals surface area contributed by atoms with Gasteiger partial charge in [0.15, 0.2) is 9.84 Å². The van der Waals surface area contributed by atoms with Crippen molar-refractivity contribution in [1.29, 1.82) is 0 Å². The lowest BCUT2D eigenvalue weighted by Crippen LogP contribution is -2.38. The highest BCUT2D eigenvalue weighted by atomic mass is 32.2. The van der Waals surface area contributed by atoms with Gasteiger partial charge in [-0.2, -0.15) is 8.42 Å². The zero-order chi connectivity index (χ0) is 15.8. The van der Waals surface area contributed by atoms with Crippen LogP contribution in [0, 0.1) is 18.7 Å². The van der Waals surface area contributed by atoms with E-state index in [4.69, 9.17) is 0 Å². The van der Waals surface area contributed by atoms with Crippen LogP contribution in [0.15, 0.2) is 23.1 Å². The molecule has 1 aromatic rings. The van der Waals surface area contributed by atoms with Gasteiger partial charge in [-0.05, 0) is 49.4 Å². The van der Waals surface area contributed by atoms with E-state index >= 15 is 0 Å². The maximum Gasteiger partial charge on any atom is 0.264 e. The lowest BCUT2D eigenvalue weighted by atomic mass is 9.86. The van der Waals surface area contributed by atoms with Gasteiger partial charge >= 0.3 is 0 Å². The van der Waals surface area contributed by atoms with Crippen LogP contribution in [0.3, 0.4) is 0 Å². The van der Waals surface area contributed by atoms with Gasteiger partial charge in [0.2, 0.25) is 0 Å². The smallest absolute Gasteiger partial charge is 0.264 e. The SMILES string of the molecule is Cc1cc(F)cc(S(=O)(=O)[C@H]2C[C@H](COS(C)(=O)=O)C2)c1. The van der Waals surface area contributed by atoms with E-state index in [1.807, 2.05) is 0 Å². The number of aryl methyl sites for hydroxylation is 1. The highest BCUT2D eigenvalue weighted by Crippen LogP contribution is 2.37. The average molecular weight is 336 g/mol. The summed E-state index contributed by atoms with van der Waals surface area (Å²) in [5.74, 6) is -0.681. The predicted octanol–water partition coefficient (Wildman–Crippen LogP) is 1.66. The predicted molar refractivity (Wildman–Crippen MR) is 75.6 cm³/mol. The Hall–Kier alpha value is -0.990. The topological polar surface area (TPSA) is 77.5 Å². The third-order valence-electron chi connectivity index (χ3n) is 3.49. The molecule has 1 fully saturated rings. The van der Waals surface area contributed by atoms with E-state index in [9.17, 15) is 21.2 Å². The fourth-order valence-electron chi connectivity index (χ4n) is 2.34. The fourth-order valence-corrected chi connectivity index (χ4v) is 4.85. The van der Waals surface area contributed by atoms with E-state index in [-0.39, 0.29) is 17.4 Å². The zero-order valence-corrected chi connectivity index (χ0v) is 13.4. The summed E-state index contributed by atoms with van der Waals surface area (Å²) in [5, 5.41) is -0.605. The Kier molecular flexibility index (Phi) is 4.41. The summed E-state index contributed by atoms with van der Waals surface area (Å²) in [6.07, 6.45) is 1.61. The largest absolute Gasteiger partial charge is 0.270 e. The summed E-state index contributed by atoms with van der Waals surface area (Å²) in [6.45, 7) is 1.62. The van der Waals surface area contributed by atoms with Crippen LogP contribution in [0.4, 0.5) is 4.39 Å². The molecule has 0 amide bonds. The van der Waals surface area contributed by atoms with Crippen LogP contribution >= 0.6 is 0 Å². The molecule has 0 saturated heterocycles. The molecule has 1 aliphatic rings. The Morgan fingerprint density at radius 1 is 1.19 bits per heavy atom. The van der Waals surface area contributed by atoms with Gasteiger partial charge in [-0.25, -0.2) is 12.8 Å². The first-order valence-electron chi connectivity index (χ1n) is 6.43. The monoisotopic (exact) mass is 336 g/mol. The van der Waals surface area contributed by atoms with E-state index in [0.717, 1.165) is 12.3 Å². The minimum atomic E-state index is -3.58. The van der Waals surface area contributed by atoms with Crippen molar-refractivity contribution in [1.82, 2.24) is 0 Å². The third-order valence-corrected chi connectivity index (χ3v) is 6.21. The number of sulfone groups is 1. The normalized spacial score (nSPS) is 22.8. The molecule has 0 aliphatic heterocycles. The van der Waals surface area contributed by atoms with E-state index < -0.39 is 31.0 Å². The van der Waals surface area contributed by atoms with Crippen molar-refractivity contribution < 1.29 is 25.4 Å². The molecule has 1 aliphatic carbocycles. The molecule has 5 nitrogen and oxygen atoms in total. The molecule has 118 valence electrons. The maximum atomic E-state index is 13.3. The Morgan fingerprint density at radius 2 is 1.81 bits per heavy atom. The summed E-state index contributed by atoms with van der Waals surface area (Å²) in [4.78, 5) is -0.0209. The molecule has 21 heavy (non-hydrogen) atoms. The molecule has 0 atom stereocenters. The molecule has 0 radical (unpaired) electrons. The van der Waals surface area contributed by atoms with Crippen LogP contribution in [0.25, 0.3) is 0 Å². The van der Waals surface area contributed by atoms with Crippen molar-refractivity contribution in [2.75, 3.05) is 12.9 Å². The summed E-state index contributed by atoms with van der Waals surface area (Å²) < 4.78 is 64.4. The highest BCUT2D eigenvalue weighted by Gasteiger charge is 2.40. The van der Waals surface area contributed by atoms with Gasteiger partial charge in [-0.3, -0.25) is 4.18 Å². The van der Waals surface area contributed by atoms with Crippen LogP contribution in [0.2, 0.25) is 0 Å². The van der Waals surface area contributed by atoms with Gasteiger partial charge in [0.1, 0.15) is 5.82 Å². The standard InChI is InChI=1S/C13H17FO5S2/c1-9-3-11(14)7-12(4-9)21(17,18)13-5-10(6-13)8-19-20(2,15)16/h3-4,7,10,13H,5-6,8H2,1-2H3/t10-,13-. The first kappa shape index (κ1) is 16.4. The quantitative estimate of drug-likeness (QED) is 0.764. The molecule has 0 heterocycles. The molecule has 0 spiro atoms. The second kappa shape index (κ2) is 5.66. The lowest BCUT2D eigenvalue weighted by Gasteiger charge is -2.34. The summed E-state index contributed by atoms with van der Waals surface area (Å²) in [7, 11) is -7.09. The lowest BCUT2D eigenvalue weighted by molar-refractivity contribution is 0.189. The maximum absolute atomic E-state index is 13.3. The van der Waals surface area contributed by atoms with Crippen molar-refractivity contribution in [2.45, 2.75) is 29.9 Å². The van der Waals surface area contributed by atoms with Crippen LogP contribution in [0.5, 0.6) is 0 Å². The van der Waals surface area contributed by atoms with Gasteiger partial charge in [0.25, 0.3) is 10.1 Å². The summed E-state index contributed by atoms with van der Waals surface area (Å²) in [5.41, 5.74) is 0.546. The van der Waals surface area contributed by atoms with Crippen molar-refractivity contribution in [3.05, 3.63) is 29.6 Å². The number of halogens is 1. The van der Waals surface area contributed by atoms with E-state index in [1.165, 1.54) is 12.1 Å². The summed E-state index contributed by atoms with van der Waals surface area (Å²) in [6, 6.07) is 3.73. The molecular weight excluding hydrogens is 319 g/mol. The fraction of sp³-hybridized carbons (Fsp3) is 0.538. The molecule has 1 saturated carbocycles. The second-order valence-electron chi connectivity index (χ2n) is 5.46. The van der Waals surface area contributed by atoms with Crippen molar-refractivity contribution in [3.63, 3.8) is 0 Å². The van der Waals surface area contributed by atoms with Crippen LogP contribution in [-0.4, -0.2) is 34.9 Å². The number of rotatable bonds is 5. The van der Waals surface area contributed by atoms with Crippen LogP contribution in [0.1, 0.15) is 18.4 Å². The Balaban J connectivity index is 2.03. The van der Waals surface area contributed by atoms with Crippen LogP contribution in [-0.2, 0) is 24.1 Å². The second-order valence-corrected chi connectivity index (χ2v) is 9.33. The van der Waals surface area contributed by atoms with Gasteiger partial charge in [0.05, 0.1) is 23.0 Å². The minimum Gasteiger partial charge on any atom is -0.270 e. The van der Waals surface area contributed by atoms with E-state index in [2.05, 4.69) is 4.18 Å². The number of hydrogen-bond acceptors (Lipinski definition) is 5. The van der Waals surface area contributed by atoms with Gasteiger partial charge in [0, 0.05) is 0 Å². The first-order valence-corrected chi connectivity index (χ1v) is 9.80. The number of hydrogen-bond donors (Lipinski definition) is 0. The minimum absolute atomic E-state index is 0.00691. The van der Waals surface area contributed by atoms with Crippen molar-refractivity contribution in [2.24, 2.45) is 5.92 Å². The van der Waals surface area contributed by atoms with Crippen molar-refractivity contribution >= 4 is 20.0 Å². The molecule has 2 rings (SSSR count). The van der Waals surface area contributed by atoms with E-state index in [0.29, 0.717) is 18.4 Å². The highest BCUT2D eigenvalue weighted by molar-refractivity contribution is 7.92. The van der Waals surface area contributed by atoms with Crippen molar-refractivity contribution in [3.8, 4) is 0 Å². The van der Waals surface area contributed by atoms with E-state index in [1.54, 1.807) is 6.92 Å². The number of benzene rings is 1. The Labute approximate surface area is 124 Å². The Bertz CT molecular complexity index is 714. The third kappa shape index (κ3) is 4.02. The van der Waals surface area contributed by atoms with Crippen LogP contribution < -0.4 is 0 Å². The first-order chi connectivity index (χ1) is 9.58. The molecule has 0 N–H and O–H groups in total. The zero-order valence-electron chi connectivity index (χ0n) is 11.7. The van der Waals surface area contributed by atoms with Gasteiger partial charge in [-0.1, -0.05) is 0 Å². The summed E-state index contributed by atoms with van der Waals surface area (Å²) >= 11 is 0. The molecule has 0 bridgehead atoms. The molecule has 1 aromatic carbocycles. The molecule has 0 unspecified atom stereocenters. The molecule has 8 heteroatoms. The van der Waals surface area contributed by atoms with Gasteiger partial charge < -0.3 is 0 Å². The van der Waals surface area contributed by atoms with Gasteiger partial charge in [-0.15, -0.1) is 0 Å².